The summed E-state index contributed by atoms with van der Waals surface area (Å²) in [6, 6.07) is 29.9. The molecule has 0 radical (unpaired) electrons. The molecule has 0 aliphatic rings. The number of nitrogens with one attached hydrogen (secondary N) is 1. The second-order valence-corrected chi connectivity index (χ2v) is 13.9. The minimum absolute atomic E-state index is 0.0850. The first-order valence-corrected chi connectivity index (χ1v) is 17.3. The zero-order valence-electron chi connectivity index (χ0n) is 25.9. The van der Waals surface area contributed by atoms with Gasteiger partial charge in [0.25, 0.3) is 10.0 Å². The highest BCUT2D eigenvalue weighted by Gasteiger charge is 2.35. The van der Waals surface area contributed by atoms with Gasteiger partial charge in [0.05, 0.1) is 10.6 Å². The molecule has 0 spiro atoms. The van der Waals surface area contributed by atoms with E-state index in [9.17, 15) is 18.0 Å². The maximum Gasteiger partial charge on any atom is 0.264 e. The number of halogens is 1. The van der Waals surface area contributed by atoms with Gasteiger partial charge in [-0.3, -0.25) is 13.9 Å². The van der Waals surface area contributed by atoms with Crippen molar-refractivity contribution >= 4 is 43.5 Å². The molecule has 0 aromatic heterocycles. The maximum atomic E-state index is 14.5. The van der Waals surface area contributed by atoms with Crippen molar-refractivity contribution in [3.8, 4) is 0 Å². The molecule has 7 nitrogen and oxygen atoms in total. The summed E-state index contributed by atoms with van der Waals surface area (Å²) in [6.45, 7) is 5.87. The number of carbonyl (C=O) groups excluding carboxylic acids is 2. The number of hydrogen-bond acceptors (Lipinski definition) is 4. The minimum atomic E-state index is -4.14. The van der Waals surface area contributed by atoms with E-state index in [1.54, 1.807) is 36.4 Å². The molecule has 4 aromatic rings. The van der Waals surface area contributed by atoms with Crippen LogP contribution in [0.3, 0.4) is 0 Å². The van der Waals surface area contributed by atoms with E-state index in [0.29, 0.717) is 17.8 Å². The largest absolute Gasteiger partial charge is 0.354 e. The molecule has 2 amide bonds. The number of hydrogen-bond donors (Lipinski definition) is 1. The van der Waals surface area contributed by atoms with Crippen LogP contribution in [-0.2, 0) is 32.6 Å². The smallest absolute Gasteiger partial charge is 0.264 e. The fourth-order valence-electron chi connectivity index (χ4n) is 5.04. The summed E-state index contributed by atoms with van der Waals surface area (Å²) in [5, 5.41) is 3.02. The standard InChI is InChI=1S/C36H40BrN3O4S/c1-4-5-23-38-36(42)34(24-29-12-7-6-8-13-29)39(25-30-17-19-31(37)20-18-30)35(41)26-40(33-14-10-9-11-28(33)3)45(43,44)32-21-15-27(2)16-22-32/h6-22,34H,4-5,23-26H2,1-3H3,(H,38,42)/t34-/m1/s1. The predicted molar refractivity (Wildman–Crippen MR) is 183 cm³/mol. The molecule has 0 aliphatic heterocycles. The number of anilines is 1. The number of unbranched alkanes of at least 4 members (excludes halogenated alkanes) is 1. The molecule has 0 fully saturated rings. The summed E-state index contributed by atoms with van der Waals surface area (Å²) in [5.41, 5.74) is 3.74. The summed E-state index contributed by atoms with van der Waals surface area (Å²) < 4.78 is 30.4. The van der Waals surface area contributed by atoms with Gasteiger partial charge in [0.15, 0.2) is 0 Å². The predicted octanol–water partition coefficient (Wildman–Crippen LogP) is 6.82. The van der Waals surface area contributed by atoms with E-state index >= 15 is 0 Å². The fourth-order valence-corrected chi connectivity index (χ4v) is 6.78. The molecule has 1 atom stereocenters. The van der Waals surface area contributed by atoms with Crippen LogP contribution in [0, 0.1) is 13.8 Å². The van der Waals surface area contributed by atoms with Crippen molar-refractivity contribution in [3.05, 3.63) is 130 Å². The SMILES string of the molecule is CCCCNC(=O)[C@@H](Cc1ccccc1)N(Cc1ccc(Br)cc1)C(=O)CN(c1ccccc1C)S(=O)(=O)c1ccc(C)cc1. The van der Waals surface area contributed by atoms with Crippen LogP contribution in [0.5, 0.6) is 0 Å². The van der Waals surface area contributed by atoms with Crippen molar-refractivity contribution in [1.29, 1.82) is 0 Å². The molecule has 4 rings (SSSR count). The molecule has 1 N–H and O–H groups in total. The molecule has 0 saturated heterocycles. The summed E-state index contributed by atoms with van der Waals surface area (Å²) in [7, 11) is -4.14. The van der Waals surface area contributed by atoms with Crippen LogP contribution in [0.1, 0.15) is 42.0 Å². The number of benzene rings is 4. The lowest BCUT2D eigenvalue weighted by atomic mass is 10.0. The fraction of sp³-hybridized carbons (Fsp3) is 0.278. The molecule has 0 saturated carbocycles. The summed E-state index contributed by atoms with van der Waals surface area (Å²) >= 11 is 3.47. The van der Waals surface area contributed by atoms with Crippen molar-refractivity contribution in [2.24, 2.45) is 0 Å². The van der Waals surface area contributed by atoms with Crippen LogP contribution in [0.25, 0.3) is 0 Å². The maximum absolute atomic E-state index is 14.5. The van der Waals surface area contributed by atoms with Gasteiger partial charge < -0.3 is 10.2 Å². The lowest BCUT2D eigenvalue weighted by Crippen LogP contribution is -2.53. The number of rotatable bonds is 14. The van der Waals surface area contributed by atoms with Crippen LogP contribution in [0.4, 0.5) is 5.69 Å². The van der Waals surface area contributed by atoms with Crippen molar-refractivity contribution in [3.63, 3.8) is 0 Å². The highest BCUT2D eigenvalue weighted by molar-refractivity contribution is 9.10. The quantitative estimate of drug-likeness (QED) is 0.147. The first-order chi connectivity index (χ1) is 21.6. The summed E-state index contributed by atoms with van der Waals surface area (Å²) in [5.74, 6) is -0.759. The lowest BCUT2D eigenvalue weighted by Gasteiger charge is -2.34. The van der Waals surface area contributed by atoms with Gasteiger partial charge in [-0.15, -0.1) is 0 Å². The Kier molecular flexibility index (Phi) is 12.0. The molecule has 0 unspecified atom stereocenters. The minimum Gasteiger partial charge on any atom is -0.354 e. The number of carbonyl (C=O) groups is 2. The van der Waals surface area contributed by atoms with Gasteiger partial charge >= 0.3 is 0 Å². The van der Waals surface area contributed by atoms with Crippen molar-refractivity contribution in [1.82, 2.24) is 10.2 Å². The van der Waals surface area contributed by atoms with Gasteiger partial charge in [0.1, 0.15) is 12.6 Å². The molecule has 0 heterocycles. The monoisotopic (exact) mass is 689 g/mol. The Balaban J connectivity index is 1.79. The third kappa shape index (κ3) is 9.05. The van der Waals surface area contributed by atoms with Crippen LogP contribution in [-0.4, -0.2) is 44.3 Å². The van der Waals surface area contributed by atoms with Crippen molar-refractivity contribution in [2.75, 3.05) is 17.4 Å². The molecular formula is C36H40BrN3O4S. The normalized spacial score (nSPS) is 11.9. The average molecular weight is 691 g/mol. The van der Waals surface area contributed by atoms with Crippen LogP contribution in [0.2, 0.25) is 0 Å². The van der Waals surface area contributed by atoms with E-state index in [-0.39, 0.29) is 23.8 Å². The molecule has 4 aromatic carbocycles. The Morgan fingerprint density at radius 1 is 0.822 bits per heavy atom. The molecule has 45 heavy (non-hydrogen) atoms. The van der Waals surface area contributed by atoms with Crippen molar-refractivity contribution in [2.45, 2.75) is 57.5 Å². The first-order valence-electron chi connectivity index (χ1n) is 15.1. The van der Waals surface area contributed by atoms with Gasteiger partial charge in [-0.05, 0) is 67.3 Å². The number of aryl methyl sites for hydroxylation is 2. The zero-order valence-corrected chi connectivity index (χ0v) is 28.4. The topological polar surface area (TPSA) is 86.8 Å². The Bertz CT molecular complexity index is 1680. The van der Waals surface area contributed by atoms with Gasteiger partial charge in [0, 0.05) is 24.0 Å². The first kappa shape index (κ1) is 33.9. The Morgan fingerprint density at radius 2 is 1.47 bits per heavy atom. The Hall–Kier alpha value is -3.95. The molecule has 0 bridgehead atoms. The Labute approximate surface area is 275 Å². The van der Waals surface area contributed by atoms with Gasteiger partial charge in [0.2, 0.25) is 11.8 Å². The third-order valence-electron chi connectivity index (χ3n) is 7.64. The van der Waals surface area contributed by atoms with E-state index in [0.717, 1.165) is 34.0 Å². The van der Waals surface area contributed by atoms with E-state index in [1.807, 2.05) is 87.5 Å². The van der Waals surface area contributed by atoms with Gasteiger partial charge in [-0.25, -0.2) is 8.42 Å². The van der Waals surface area contributed by atoms with E-state index in [1.165, 1.54) is 9.21 Å². The second-order valence-electron chi connectivity index (χ2n) is 11.1. The van der Waals surface area contributed by atoms with Crippen LogP contribution >= 0.6 is 15.9 Å². The number of nitrogens with zero attached hydrogens (tertiary/aromatic N) is 2. The highest BCUT2D eigenvalue weighted by Crippen LogP contribution is 2.28. The molecule has 0 aliphatic carbocycles. The molecule has 9 heteroatoms. The lowest BCUT2D eigenvalue weighted by molar-refractivity contribution is -0.140. The second kappa shape index (κ2) is 15.9. The van der Waals surface area contributed by atoms with Gasteiger partial charge in [-0.1, -0.05) is 108 Å². The average Bonchev–Trinajstić information content (AvgIpc) is 3.03. The Morgan fingerprint density at radius 3 is 2.11 bits per heavy atom. The number of amides is 2. The molecule has 236 valence electrons. The van der Waals surface area contributed by atoms with E-state index in [4.69, 9.17) is 0 Å². The van der Waals surface area contributed by atoms with E-state index in [2.05, 4.69) is 21.2 Å². The third-order valence-corrected chi connectivity index (χ3v) is 9.94. The number of para-hydroxylation sites is 1. The van der Waals surface area contributed by atoms with Crippen molar-refractivity contribution < 1.29 is 18.0 Å². The van der Waals surface area contributed by atoms with E-state index < -0.39 is 28.5 Å². The number of sulfonamides is 1. The van der Waals surface area contributed by atoms with Crippen LogP contribution in [0.15, 0.2) is 112 Å². The summed E-state index contributed by atoms with van der Waals surface area (Å²) in [6.07, 6.45) is 1.99. The van der Waals surface area contributed by atoms with Crippen LogP contribution < -0.4 is 9.62 Å². The molecular weight excluding hydrogens is 650 g/mol. The summed E-state index contributed by atoms with van der Waals surface area (Å²) in [4.78, 5) is 30.0. The van der Waals surface area contributed by atoms with Gasteiger partial charge in [-0.2, -0.15) is 0 Å². The zero-order chi connectivity index (χ0) is 32.4. The highest BCUT2D eigenvalue weighted by atomic mass is 79.9.